The standard InChI is InChI=1S/C21H27N3O4/c1-4-16-13(2)22-20(23-21(16)25)14-6-5-7-24(10-14)11-15-8-18-19(28-12-27-18)9-17(15)26-3/h8-9,14H,4-7,10-12H2,1-3H3,(H,22,23,25)/t14-/m0/s1. The molecule has 1 fully saturated rings. The minimum atomic E-state index is -0.000404. The smallest absolute Gasteiger partial charge is 0.254 e. The Morgan fingerprint density at radius 3 is 2.82 bits per heavy atom. The van der Waals surface area contributed by atoms with E-state index in [9.17, 15) is 4.79 Å². The second kappa shape index (κ2) is 7.83. The maximum atomic E-state index is 12.3. The van der Waals surface area contributed by atoms with E-state index >= 15 is 0 Å². The van der Waals surface area contributed by atoms with Crippen LogP contribution in [0.5, 0.6) is 17.2 Å². The highest BCUT2D eigenvalue weighted by Crippen LogP contribution is 2.39. The number of aryl methyl sites for hydroxylation is 1. The first-order valence-corrected chi connectivity index (χ1v) is 9.87. The Labute approximate surface area is 164 Å². The van der Waals surface area contributed by atoms with Gasteiger partial charge in [-0.05, 0) is 38.8 Å². The molecule has 0 radical (unpaired) electrons. The van der Waals surface area contributed by atoms with Crippen LogP contribution in [-0.4, -0.2) is 41.9 Å². The molecule has 2 aliphatic rings. The molecule has 1 saturated heterocycles. The number of ether oxygens (including phenoxy) is 3. The van der Waals surface area contributed by atoms with Crippen molar-refractivity contribution in [1.82, 2.24) is 14.9 Å². The Balaban J connectivity index is 1.53. The van der Waals surface area contributed by atoms with Crippen LogP contribution < -0.4 is 19.8 Å². The van der Waals surface area contributed by atoms with E-state index in [1.165, 1.54) is 0 Å². The molecule has 0 aliphatic carbocycles. The van der Waals surface area contributed by atoms with Crippen molar-refractivity contribution < 1.29 is 14.2 Å². The van der Waals surface area contributed by atoms with E-state index in [2.05, 4.69) is 9.88 Å². The predicted molar refractivity (Wildman–Crippen MR) is 105 cm³/mol. The minimum Gasteiger partial charge on any atom is -0.496 e. The van der Waals surface area contributed by atoms with Crippen LogP contribution in [0.25, 0.3) is 0 Å². The van der Waals surface area contributed by atoms with E-state index < -0.39 is 0 Å². The number of benzene rings is 1. The third-order valence-corrected chi connectivity index (χ3v) is 5.66. The number of hydrogen-bond donors (Lipinski definition) is 1. The number of likely N-dealkylation sites (tertiary alicyclic amines) is 1. The average molecular weight is 385 g/mol. The van der Waals surface area contributed by atoms with Gasteiger partial charge >= 0.3 is 0 Å². The van der Waals surface area contributed by atoms with Gasteiger partial charge in [-0.15, -0.1) is 0 Å². The molecule has 2 aromatic rings. The lowest BCUT2D eigenvalue weighted by atomic mass is 9.96. The van der Waals surface area contributed by atoms with E-state index in [4.69, 9.17) is 19.2 Å². The lowest BCUT2D eigenvalue weighted by Gasteiger charge is -2.32. The molecule has 28 heavy (non-hydrogen) atoms. The van der Waals surface area contributed by atoms with Gasteiger partial charge in [0.15, 0.2) is 11.5 Å². The molecule has 1 atom stereocenters. The summed E-state index contributed by atoms with van der Waals surface area (Å²) < 4.78 is 16.5. The number of fused-ring (bicyclic) bond motifs is 1. The quantitative estimate of drug-likeness (QED) is 0.853. The molecule has 0 amide bonds. The van der Waals surface area contributed by atoms with Crippen molar-refractivity contribution >= 4 is 0 Å². The van der Waals surface area contributed by atoms with Crippen molar-refractivity contribution in [1.29, 1.82) is 0 Å². The maximum absolute atomic E-state index is 12.3. The number of methoxy groups -OCH3 is 1. The van der Waals surface area contributed by atoms with Crippen LogP contribution in [0.4, 0.5) is 0 Å². The summed E-state index contributed by atoms with van der Waals surface area (Å²) in [6, 6.07) is 3.90. The summed E-state index contributed by atoms with van der Waals surface area (Å²) in [5, 5.41) is 0. The first-order valence-electron chi connectivity index (χ1n) is 9.87. The lowest BCUT2D eigenvalue weighted by molar-refractivity contribution is 0.173. The van der Waals surface area contributed by atoms with Gasteiger partial charge in [0.05, 0.1) is 7.11 Å². The van der Waals surface area contributed by atoms with Crippen LogP contribution in [0.3, 0.4) is 0 Å². The molecule has 3 heterocycles. The molecule has 1 aromatic carbocycles. The fourth-order valence-electron chi connectivity index (χ4n) is 4.18. The van der Waals surface area contributed by atoms with Gasteiger partial charge in [0.2, 0.25) is 6.79 Å². The van der Waals surface area contributed by atoms with Crippen LogP contribution in [-0.2, 0) is 13.0 Å². The molecule has 0 bridgehead atoms. The summed E-state index contributed by atoms with van der Waals surface area (Å²) in [6.45, 7) is 6.78. The number of hydrogen-bond acceptors (Lipinski definition) is 6. The van der Waals surface area contributed by atoms with Crippen LogP contribution >= 0.6 is 0 Å². The molecule has 2 aliphatic heterocycles. The fraction of sp³-hybridized carbons (Fsp3) is 0.524. The van der Waals surface area contributed by atoms with Gasteiger partial charge in [0.1, 0.15) is 11.6 Å². The summed E-state index contributed by atoms with van der Waals surface area (Å²) in [7, 11) is 1.67. The molecule has 7 heteroatoms. The van der Waals surface area contributed by atoms with E-state index in [1.54, 1.807) is 7.11 Å². The molecular formula is C21H27N3O4. The predicted octanol–water partition coefficient (Wildman–Crippen LogP) is 2.76. The lowest BCUT2D eigenvalue weighted by Crippen LogP contribution is -2.35. The molecule has 0 spiro atoms. The molecule has 1 aromatic heterocycles. The Kier molecular flexibility index (Phi) is 5.26. The van der Waals surface area contributed by atoms with E-state index in [-0.39, 0.29) is 18.3 Å². The van der Waals surface area contributed by atoms with Crippen LogP contribution in [0.2, 0.25) is 0 Å². The largest absolute Gasteiger partial charge is 0.496 e. The first kappa shape index (κ1) is 18.8. The van der Waals surface area contributed by atoms with Crippen LogP contribution in [0.15, 0.2) is 16.9 Å². The van der Waals surface area contributed by atoms with Gasteiger partial charge in [-0.25, -0.2) is 4.98 Å². The van der Waals surface area contributed by atoms with Crippen LogP contribution in [0.1, 0.15) is 48.3 Å². The van der Waals surface area contributed by atoms with Crippen LogP contribution in [0, 0.1) is 6.92 Å². The number of rotatable bonds is 5. The first-order chi connectivity index (χ1) is 13.6. The number of aromatic amines is 1. The average Bonchev–Trinajstić information content (AvgIpc) is 3.14. The maximum Gasteiger partial charge on any atom is 0.254 e. The summed E-state index contributed by atoms with van der Waals surface area (Å²) in [6.07, 6.45) is 2.80. The summed E-state index contributed by atoms with van der Waals surface area (Å²) in [5.41, 5.74) is 2.70. The Morgan fingerprint density at radius 1 is 1.32 bits per heavy atom. The summed E-state index contributed by atoms with van der Waals surface area (Å²) >= 11 is 0. The third kappa shape index (κ3) is 3.58. The van der Waals surface area contributed by atoms with Gasteiger partial charge in [0, 0.05) is 41.9 Å². The SMILES string of the molecule is CCc1c(C)nc([C@H]2CCCN(Cc3cc4c(cc3OC)OCO4)C2)[nH]c1=O. The highest BCUT2D eigenvalue weighted by atomic mass is 16.7. The summed E-state index contributed by atoms with van der Waals surface area (Å²) in [5.74, 6) is 3.33. The highest BCUT2D eigenvalue weighted by Gasteiger charge is 2.26. The molecular weight excluding hydrogens is 358 g/mol. The zero-order valence-electron chi connectivity index (χ0n) is 16.7. The van der Waals surface area contributed by atoms with Gasteiger partial charge in [-0.1, -0.05) is 6.92 Å². The number of H-pyrrole nitrogens is 1. The minimum absolute atomic E-state index is 0.000404. The van der Waals surface area contributed by atoms with Crippen molar-refractivity contribution in [2.75, 3.05) is 27.0 Å². The zero-order valence-corrected chi connectivity index (χ0v) is 16.7. The van der Waals surface area contributed by atoms with E-state index in [1.807, 2.05) is 26.0 Å². The van der Waals surface area contributed by atoms with Gasteiger partial charge in [0.25, 0.3) is 5.56 Å². The highest BCUT2D eigenvalue weighted by molar-refractivity contribution is 5.51. The number of nitrogens with zero attached hydrogens (tertiary/aromatic N) is 2. The van der Waals surface area contributed by atoms with Gasteiger partial charge in [-0.2, -0.15) is 0 Å². The molecule has 1 N–H and O–H groups in total. The molecule has 0 unspecified atom stereocenters. The zero-order chi connectivity index (χ0) is 19.7. The Morgan fingerprint density at radius 2 is 2.11 bits per heavy atom. The monoisotopic (exact) mass is 385 g/mol. The Bertz CT molecular complexity index is 925. The molecule has 0 saturated carbocycles. The molecule has 4 rings (SSSR count). The van der Waals surface area contributed by atoms with Crippen molar-refractivity contribution in [2.45, 2.75) is 45.6 Å². The van der Waals surface area contributed by atoms with Crippen molar-refractivity contribution in [2.24, 2.45) is 0 Å². The van der Waals surface area contributed by atoms with E-state index in [0.717, 1.165) is 72.4 Å². The second-order valence-corrected chi connectivity index (χ2v) is 7.46. The third-order valence-electron chi connectivity index (χ3n) is 5.66. The number of piperidine rings is 1. The topological polar surface area (TPSA) is 76.7 Å². The normalized spacial score (nSPS) is 19.0. The molecule has 7 nitrogen and oxygen atoms in total. The van der Waals surface area contributed by atoms with Crippen molar-refractivity contribution in [3.05, 3.63) is 45.1 Å². The van der Waals surface area contributed by atoms with Gasteiger partial charge in [-0.3, -0.25) is 9.69 Å². The van der Waals surface area contributed by atoms with E-state index in [0.29, 0.717) is 6.42 Å². The Hall–Kier alpha value is -2.54. The van der Waals surface area contributed by atoms with Crippen molar-refractivity contribution in [3.63, 3.8) is 0 Å². The summed E-state index contributed by atoms with van der Waals surface area (Å²) in [4.78, 5) is 22.5. The number of nitrogens with one attached hydrogen (secondary N) is 1. The fourth-order valence-corrected chi connectivity index (χ4v) is 4.18. The second-order valence-electron chi connectivity index (χ2n) is 7.46. The van der Waals surface area contributed by atoms with Crippen molar-refractivity contribution in [3.8, 4) is 17.2 Å². The number of aromatic nitrogens is 2. The molecule has 150 valence electrons. The van der Waals surface area contributed by atoms with Gasteiger partial charge < -0.3 is 19.2 Å².